The van der Waals surface area contributed by atoms with E-state index < -0.39 is 0 Å². The van der Waals surface area contributed by atoms with E-state index in [-0.39, 0.29) is 0 Å². The van der Waals surface area contributed by atoms with Crippen LogP contribution in [0.3, 0.4) is 0 Å². The molecule has 1 aromatic carbocycles. The van der Waals surface area contributed by atoms with Gasteiger partial charge in [0.05, 0.1) is 6.54 Å². The van der Waals surface area contributed by atoms with Gasteiger partial charge in [-0.3, -0.25) is 4.90 Å². The average molecular weight is 286 g/mol. The molecule has 0 aliphatic rings. The van der Waals surface area contributed by atoms with Gasteiger partial charge in [0.1, 0.15) is 11.5 Å². The molecule has 3 nitrogen and oxygen atoms in total. The zero-order valence-electron chi connectivity index (χ0n) is 13.4. The second-order valence-electron chi connectivity index (χ2n) is 5.40. The van der Waals surface area contributed by atoms with Crippen LogP contribution in [-0.2, 0) is 19.6 Å². The summed E-state index contributed by atoms with van der Waals surface area (Å²) in [7, 11) is 0. The molecule has 1 heterocycles. The molecule has 0 atom stereocenters. The predicted molar refractivity (Wildman–Crippen MR) is 87.1 cm³/mol. The van der Waals surface area contributed by atoms with Gasteiger partial charge >= 0.3 is 0 Å². The minimum atomic E-state index is 0.772. The molecule has 2 aromatic rings. The quantitative estimate of drug-likeness (QED) is 0.801. The minimum Gasteiger partial charge on any atom is -0.465 e. The Morgan fingerprint density at radius 2 is 1.76 bits per heavy atom. The van der Waals surface area contributed by atoms with Crippen LogP contribution in [0.4, 0.5) is 0 Å². The summed E-state index contributed by atoms with van der Waals surface area (Å²) in [5.74, 6) is 1.96. The molecular weight excluding hydrogens is 260 g/mol. The molecule has 0 aliphatic carbocycles. The monoisotopic (exact) mass is 286 g/mol. The first-order valence-corrected chi connectivity index (χ1v) is 7.77. The number of hydrogen-bond acceptors (Lipinski definition) is 3. The summed E-state index contributed by atoms with van der Waals surface area (Å²) < 4.78 is 5.56. The number of hydrogen-bond donors (Lipinski definition) is 1. The lowest BCUT2D eigenvalue weighted by molar-refractivity contribution is 0.296. The molecule has 1 aromatic heterocycles. The van der Waals surface area contributed by atoms with E-state index in [0.717, 1.165) is 44.2 Å². The molecule has 0 radical (unpaired) electrons. The van der Waals surface area contributed by atoms with Crippen molar-refractivity contribution in [3.05, 3.63) is 59.0 Å². The number of aryl methyl sites for hydroxylation is 1. The summed E-state index contributed by atoms with van der Waals surface area (Å²) in [6, 6.07) is 12.8. The fraction of sp³-hybridized carbons (Fsp3) is 0.444. The number of nitrogens with zero attached hydrogens (tertiary/aromatic N) is 1. The SMILES string of the molecule is CCN(CC)Cc1cccc(CNCc2ccc(C)o2)c1. The number of rotatable bonds is 8. The summed E-state index contributed by atoms with van der Waals surface area (Å²) in [5, 5.41) is 3.43. The van der Waals surface area contributed by atoms with Crippen molar-refractivity contribution in [1.29, 1.82) is 0 Å². The van der Waals surface area contributed by atoms with Crippen molar-refractivity contribution in [2.24, 2.45) is 0 Å². The van der Waals surface area contributed by atoms with E-state index >= 15 is 0 Å². The molecular formula is C18H26N2O. The van der Waals surface area contributed by atoms with Gasteiger partial charge in [-0.1, -0.05) is 38.1 Å². The highest BCUT2D eigenvalue weighted by Gasteiger charge is 2.03. The smallest absolute Gasteiger partial charge is 0.117 e. The molecule has 2 rings (SSSR count). The van der Waals surface area contributed by atoms with Crippen molar-refractivity contribution < 1.29 is 4.42 Å². The third-order valence-corrected chi connectivity index (χ3v) is 3.72. The molecule has 3 heteroatoms. The zero-order chi connectivity index (χ0) is 15.1. The molecule has 0 spiro atoms. The van der Waals surface area contributed by atoms with Crippen molar-refractivity contribution in [3.8, 4) is 0 Å². The average Bonchev–Trinajstić information content (AvgIpc) is 2.91. The van der Waals surface area contributed by atoms with Gasteiger partial charge in [0.2, 0.25) is 0 Å². The summed E-state index contributed by atoms with van der Waals surface area (Å²) >= 11 is 0. The molecule has 0 unspecified atom stereocenters. The number of nitrogens with one attached hydrogen (secondary N) is 1. The summed E-state index contributed by atoms with van der Waals surface area (Å²) in [5.41, 5.74) is 2.70. The predicted octanol–water partition coefficient (Wildman–Crippen LogP) is 3.72. The van der Waals surface area contributed by atoms with Gasteiger partial charge in [-0.25, -0.2) is 0 Å². The fourth-order valence-electron chi connectivity index (χ4n) is 2.45. The van der Waals surface area contributed by atoms with E-state index in [4.69, 9.17) is 4.42 Å². The first kappa shape index (κ1) is 15.8. The van der Waals surface area contributed by atoms with Crippen molar-refractivity contribution >= 4 is 0 Å². The topological polar surface area (TPSA) is 28.4 Å². The Hall–Kier alpha value is -1.58. The Morgan fingerprint density at radius 1 is 1.00 bits per heavy atom. The van der Waals surface area contributed by atoms with Crippen LogP contribution < -0.4 is 5.32 Å². The van der Waals surface area contributed by atoms with E-state index in [1.165, 1.54) is 11.1 Å². The van der Waals surface area contributed by atoms with Crippen LogP contribution in [0.2, 0.25) is 0 Å². The third kappa shape index (κ3) is 5.03. The van der Waals surface area contributed by atoms with Crippen LogP contribution in [0.1, 0.15) is 36.5 Å². The van der Waals surface area contributed by atoms with Crippen molar-refractivity contribution in [1.82, 2.24) is 10.2 Å². The summed E-state index contributed by atoms with van der Waals surface area (Å²) in [4.78, 5) is 2.43. The van der Waals surface area contributed by atoms with E-state index in [2.05, 4.69) is 48.3 Å². The van der Waals surface area contributed by atoms with Crippen LogP contribution in [0.15, 0.2) is 40.8 Å². The fourth-order valence-corrected chi connectivity index (χ4v) is 2.45. The maximum absolute atomic E-state index is 5.56. The zero-order valence-corrected chi connectivity index (χ0v) is 13.4. The molecule has 0 amide bonds. The van der Waals surface area contributed by atoms with Crippen LogP contribution in [0.5, 0.6) is 0 Å². The standard InChI is InChI=1S/C18H26N2O/c1-4-20(5-2)14-17-8-6-7-16(11-17)12-19-13-18-10-9-15(3)21-18/h6-11,19H,4-5,12-14H2,1-3H3. The van der Waals surface area contributed by atoms with Crippen molar-refractivity contribution in [3.63, 3.8) is 0 Å². The highest BCUT2D eigenvalue weighted by molar-refractivity contribution is 5.23. The normalized spacial score (nSPS) is 11.2. The maximum Gasteiger partial charge on any atom is 0.117 e. The maximum atomic E-state index is 5.56. The lowest BCUT2D eigenvalue weighted by atomic mass is 10.1. The van der Waals surface area contributed by atoms with Gasteiger partial charge in [0.15, 0.2) is 0 Å². The molecule has 0 saturated carbocycles. The first-order chi connectivity index (χ1) is 10.2. The van der Waals surface area contributed by atoms with E-state index in [0.29, 0.717) is 0 Å². The van der Waals surface area contributed by atoms with Crippen LogP contribution in [0, 0.1) is 6.92 Å². The highest BCUT2D eigenvalue weighted by atomic mass is 16.3. The van der Waals surface area contributed by atoms with Crippen LogP contribution in [-0.4, -0.2) is 18.0 Å². The third-order valence-electron chi connectivity index (χ3n) is 3.72. The molecule has 1 N–H and O–H groups in total. The van der Waals surface area contributed by atoms with E-state index in [1.807, 2.05) is 19.1 Å². The van der Waals surface area contributed by atoms with Gasteiger partial charge in [-0.2, -0.15) is 0 Å². The molecule has 21 heavy (non-hydrogen) atoms. The summed E-state index contributed by atoms with van der Waals surface area (Å²) in [6.45, 7) is 11.2. The highest BCUT2D eigenvalue weighted by Crippen LogP contribution is 2.10. The van der Waals surface area contributed by atoms with E-state index in [1.54, 1.807) is 0 Å². The van der Waals surface area contributed by atoms with Gasteiger partial charge in [0, 0.05) is 13.1 Å². The molecule has 0 aliphatic heterocycles. The molecule has 0 fully saturated rings. The Kier molecular flexibility index (Phi) is 6.03. The largest absolute Gasteiger partial charge is 0.465 e. The van der Waals surface area contributed by atoms with E-state index in [9.17, 15) is 0 Å². The van der Waals surface area contributed by atoms with Gasteiger partial charge in [-0.15, -0.1) is 0 Å². The lowest BCUT2D eigenvalue weighted by Crippen LogP contribution is -2.22. The van der Waals surface area contributed by atoms with Crippen LogP contribution >= 0.6 is 0 Å². The molecule has 0 saturated heterocycles. The van der Waals surface area contributed by atoms with Gasteiger partial charge in [0.25, 0.3) is 0 Å². The second-order valence-corrected chi connectivity index (χ2v) is 5.40. The van der Waals surface area contributed by atoms with Gasteiger partial charge < -0.3 is 9.73 Å². The number of furan rings is 1. The first-order valence-electron chi connectivity index (χ1n) is 7.77. The molecule has 114 valence electrons. The summed E-state index contributed by atoms with van der Waals surface area (Å²) in [6.07, 6.45) is 0. The van der Waals surface area contributed by atoms with Crippen molar-refractivity contribution in [2.75, 3.05) is 13.1 Å². The Balaban J connectivity index is 1.85. The Labute approximate surface area is 128 Å². The number of benzene rings is 1. The second kappa shape index (κ2) is 8.01. The van der Waals surface area contributed by atoms with Crippen molar-refractivity contribution in [2.45, 2.75) is 40.4 Å². The minimum absolute atomic E-state index is 0.772. The Bertz CT molecular complexity index is 544. The van der Waals surface area contributed by atoms with Crippen LogP contribution in [0.25, 0.3) is 0 Å². The Morgan fingerprint density at radius 3 is 2.43 bits per heavy atom. The lowest BCUT2D eigenvalue weighted by Gasteiger charge is -2.18. The van der Waals surface area contributed by atoms with Gasteiger partial charge in [-0.05, 0) is 43.3 Å². The molecule has 0 bridgehead atoms.